The van der Waals surface area contributed by atoms with Crippen LogP contribution in [0.5, 0.6) is 0 Å². The van der Waals surface area contributed by atoms with Gasteiger partial charge in [-0.25, -0.2) is 0 Å². The predicted octanol–water partition coefficient (Wildman–Crippen LogP) is 4.73. The molecule has 8 nitrogen and oxygen atoms in total. The van der Waals surface area contributed by atoms with Gasteiger partial charge < -0.3 is 15.3 Å². The highest BCUT2D eigenvalue weighted by molar-refractivity contribution is 6.12. The number of hydrogen-bond acceptors (Lipinski definition) is 4. The van der Waals surface area contributed by atoms with Gasteiger partial charge in [-0.15, -0.1) is 0 Å². The summed E-state index contributed by atoms with van der Waals surface area (Å²) in [6.07, 6.45) is 5.40. The largest absolute Gasteiger partial charge is 0.480 e. The maximum Gasteiger partial charge on any atom is 0.320 e. The molecule has 1 saturated carbocycles. The Hall–Kier alpha value is -3.52. The molecule has 2 aliphatic heterocycles. The second-order valence-corrected chi connectivity index (χ2v) is 11.8. The molecule has 8 heteroatoms. The number of fused-ring (bicyclic) bond motifs is 1. The highest BCUT2D eigenvalue weighted by Gasteiger charge is 2.37. The lowest BCUT2D eigenvalue weighted by Crippen LogP contribution is -2.44. The van der Waals surface area contributed by atoms with Crippen molar-refractivity contribution < 1.29 is 19.5 Å². The Morgan fingerprint density at radius 3 is 2.42 bits per heavy atom. The van der Waals surface area contributed by atoms with Crippen LogP contribution in [0.2, 0.25) is 0 Å². The van der Waals surface area contributed by atoms with E-state index in [2.05, 4.69) is 33.4 Å². The first-order chi connectivity index (χ1) is 19.2. The van der Waals surface area contributed by atoms with Gasteiger partial charge in [-0.05, 0) is 95.2 Å². The molecule has 5 rings (SSSR count). The van der Waals surface area contributed by atoms with Crippen molar-refractivity contribution >= 4 is 29.3 Å². The number of amidine groups is 1. The van der Waals surface area contributed by atoms with Crippen molar-refractivity contribution in [2.75, 3.05) is 11.4 Å². The molecular weight excluding hydrogens is 504 g/mol. The number of benzene rings is 2. The minimum Gasteiger partial charge on any atom is -0.480 e. The van der Waals surface area contributed by atoms with Crippen molar-refractivity contribution in [1.82, 2.24) is 10.2 Å². The van der Waals surface area contributed by atoms with Crippen molar-refractivity contribution in [1.29, 1.82) is 0 Å². The van der Waals surface area contributed by atoms with Crippen molar-refractivity contribution in [2.24, 2.45) is 10.9 Å². The van der Waals surface area contributed by atoms with Crippen LogP contribution in [0, 0.1) is 12.8 Å². The topological polar surface area (TPSA) is 102 Å². The molecule has 2 amide bonds. The van der Waals surface area contributed by atoms with E-state index in [4.69, 9.17) is 0 Å². The Morgan fingerprint density at radius 2 is 1.75 bits per heavy atom. The van der Waals surface area contributed by atoms with E-state index in [1.54, 1.807) is 0 Å². The number of carboxylic acids is 1. The molecule has 2 aromatic carbocycles. The number of aliphatic carboxylic acids is 1. The summed E-state index contributed by atoms with van der Waals surface area (Å²) in [5.74, 6) is -0.135. The number of nitrogens with zero attached hydrogens (tertiary/aromatic N) is 3. The minimum absolute atomic E-state index is 0.00440. The first-order valence-electron chi connectivity index (χ1n) is 14.6. The molecule has 0 radical (unpaired) electrons. The molecule has 0 bridgehead atoms. The van der Waals surface area contributed by atoms with E-state index in [9.17, 15) is 19.5 Å². The summed E-state index contributed by atoms with van der Waals surface area (Å²) in [7, 11) is 0. The minimum atomic E-state index is -0.761. The van der Waals surface area contributed by atoms with E-state index in [-0.39, 0.29) is 29.8 Å². The van der Waals surface area contributed by atoms with Crippen LogP contribution in [-0.2, 0) is 22.6 Å². The van der Waals surface area contributed by atoms with Crippen LogP contribution in [0.25, 0.3) is 0 Å². The van der Waals surface area contributed by atoms with E-state index in [0.717, 1.165) is 66.9 Å². The van der Waals surface area contributed by atoms with Crippen molar-refractivity contribution in [2.45, 2.75) is 90.4 Å². The third-order valence-corrected chi connectivity index (χ3v) is 8.46. The molecule has 1 atom stereocenters. The smallest absolute Gasteiger partial charge is 0.320 e. The zero-order valence-electron chi connectivity index (χ0n) is 23.7. The molecule has 2 fully saturated rings. The van der Waals surface area contributed by atoms with Crippen LogP contribution in [0.3, 0.4) is 0 Å². The molecule has 40 heavy (non-hydrogen) atoms. The van der Waals surface area contributed by atoms with Crippen LogP contribution in [-0.4, -0.2) is 58.3 Å². The number of aliphatic imine (C=N–C) groups is 1. The second kappa shape index (κ2) is 11.9. The lowest BCUT2D eigenvalue weighted by atomic mass is 9.84. The van der Waals surface area contributed by atoms with Gasteiger partial charge in [0.1, 0.15) is 11.9 Å². The third-order valence-electron chi connectivity index (χ3n) is 8.46. The van der Waals surface area contributed by atoms with Crippen molar-refractivity contribution in [3.8, 4) is 0 Å². The fraction of sp³-hybridized carbons (Fsp3) is 0.500. The molecule has 0 aromatic heterocycles. The summed E-state index contributed by atoms with van der Waals surface area (Å²) in [6, 6.07) is 13.6. The molecule has 212 valence electrons. The average Bonchev–Trinajstić information content (AvgIpc) is 3.53. The first kappa shape index (κ1) is 28.0. The average molecular weight is 545 g/mol. The molecule has 2 heterocycles. The number of carbonyl (C=O) groups is 3. The molecular formula is C32H40N4O4. The van der Waals surface area contributed by atoms with Gasteiger partial charge in [-0.1, -0.05) is 29.8 Å². The number of anilines is 1. The summed E-state index contributed by atoms with van der Waals surface area (Å²) in [5, 5.41) is 12.7. The highest BCUT2D eigenvalue weighted by atomic mass is 16.4. The van der Waals surface area contributed by atoms with Gasteiger partial charge in [0.05, 0.1) is 0 Å². The van der Waals surface area contributed by atoms with Gasteiger partial charge in [0.2, 0.25) is 5.91 Å². The van der Waals surface area contributed by atoms with Crippen molar-refractivity contribution in [3.05, 3.63) is 64.7 Å². The summed E-state index contributed by atoms with van der Waals surface area (Å²) >= 11 is 0. The number of carbonyl (C=O) groups excluding carboxylic acids is 2. The lowest BCUT2D eigenvalue weighted by Gasteiger charge is -2.36. The summed E-state index contributed by atoms with van der Waals surface area (Å²) in [4.78, 5) is 46.5. The molecule has 2 N–H and O–H groups in total. The van der Waals surface area contributed by atoms with Crippen LogP contribution in [0.15, 0.2) is 47.5 Å². The number of amides is 2. The number of hydrogen-bond donors (Lipinski definition) is 2. The predicted molar refractivity (Wildman–Crippen MR) is 156 cm³/mol. The lowest BCUT2D eigenvalue weighted by molar-refractivity contribution is -0.142. The highest BCUT2D eigenvalue weighted by Crippen LogP contribution is 2.38. The summed E-state index contributed by atoms with van der Waals surface area (Å²) in [5.41, 5.74) is 4.89. The zero-order valence-corrected chi connectivity index (χ0v) is 23.7. The molecule has 0 spiro atoms. The Bertz CT molecular complexity index is 1290. The SMILES string of the molecule is Cc1ccc(C(=O)N=C2Cc3ccc(CN4CCC[C@@H]4C(=O)O)cc3N2C2CCC(C(=O)NC(C)C)CC2)cc1. The number of aryl methyl sites for hydroxylation is 1. The standard InChI is InChI=1S/C32H40N4O4/c1-20(2)33-30(37)24-12-14-26(15-13-24)36-28-17-22(19-35-16-4-5-27(35)32(39)40)8-11-25(28)18-29(36)34-31(38)23-9-6-21(3)7-10-23/h6-11,17,20,24,26-27H,4-5,12-16,18-19H2,1-3H3,(H,33,37)(H,39,40)/t24?,26?,27-/m1/s1. The Kier molecular flexibility index (Phi) is 8.35. The van der Waals surface area contributed by atoms with E-state index in [1.165, 1.54) is 0 Å². The van der Waals surface area contributed by atoms with E-state index in [1.807, 2.05) is 49.9 Å². The van der Waals surface area contributed by atoms with Crippen LogP contribution in [0.1, 0.15) is 79.4 Å². The van der Waals surface area contributed by atoms with Gasteiger partial charge in [-0.3, -0.25) is 19.3 Å². The fourth-order valence-electron chi connectivity index (χ4n) is 6.38. The quantitative estimate of drug-likeness (QED) is 0.523. The molecule has 0 unspecified atom stereocenters. The van der Waals surface area contributed by atoms with E-state index < -0.39 is 12.0 Å². The normalized spacial score (nSPS) is 23.9. The second-order valence-electron chi connectivity index (χ2n) is 11.8. The summed E-state index contributed by atoms with van der Waals surface area (Å²) in [6.45, 7) is 7.31. The monoisotopic (exact) mass is 544 g/mol. The first-order valence-corrected chi connectivity index (χ1v) is 14.6. The Morgan fingerprint density at radius 1 is 1.02 bits per heavy atom. The number of nitrogens with one attached hydrogen (secondary N) is 1. The maximum atomic E-state index is 13.2. The number of rotatable bonds is 7. The number of carboxylic acid groups (broad SMARTS) is 1. The van der Waals surface area contributed by atoms with Crippen molar-refractivity contribution in [3.63, 3.8) is 0 Å². The van der Waals surface area contributed by atoms with Gasteiger partial charge in [0.25, 0.3) is 5.91 Å². The molecule has 2 aromatic rings. The van der Waals surface area contributed by atoms with E-state index >= 15 is 0 Å². The Labute approximate surface area is 236 Å². The summed E-state index contributed by atoms with van der Waals surface area (Å²) < 4.78 is 0. The molecule has 1 saturated heterocycles. The zero-order chi connectivity index (χ0) is 28.4. The van der Waals surface area contributed by atoms with Gasteiger partial charge in [-0.2, -0.15) is 4.99 Å². The Balaban J connectivity index is 1.41. The van der Waals surface area contributed by atoms with Crippen LogP contribution < -0.4 is 10.2 Å². The van der Waals surface area contributed by atoms with E-state index in [0.29, 0.717) is 24.9 Å². The molecule has 1 aliphatic carbocycles. The van der Waals surface area contributed by atoms with Crippen LogP contribution >= 0.6 is 0 Å². The number of likely N-dealkylation sites (tertiary alicyclic amines) is 1. The fourth-order valence-corrected chi connectivity index (χ4v) is 6.38. The van der Waals surface area contributed by atoms with Crippen LogP contribution in [0.4, 0.5) is 5.69 Å². The van der Waals surface area contributed by atoms with Gasteiger partial charge in [0.15, 0.2) is 0 Å². The third kappa shape index (κ3) is 6.12. The van der Waals surface area contributed by atoms with Gasteiger partial charge >= 0.3 is 5.97 Å². The maximum absolute atomic E-state index is 13.2. The van der Waals surface area contributed by atoms with Gasteiger partial charge in [0, 0.05) is 42.2 Å². The molecule has 3 aliphatic rings.